The van der Waals surface area contributed by atoms with Crippen molar-refractivity contribution < 1.29 is 14.0 Å². The van der Waals surface area contributed by atoms with Crippen LogP contribution in [0.5, 0.6) is 0 Å². The number of Topliss-reactive ketones (excluding diaryl/α,β-unsaturated/α-hetero) is 1. The molecule has 0 spiro atoms. The third-order valence-electron chi connectivity index (χ3n) is 5.68. The number of carbonyl (C=O) groups is 2. The van der Waals surface area contributed by atoms with Crippen LogP contribution in [-0.4, -0.2) is 17.4 Å². The van der Waals surface area contributed by atoms with Crippen molar-refractivity contribution in [2.24, 2.45) is 0 Å². The Morgan fingerprint density at radius 1 is 0.788 bits per heavy atom. The molecule has 0 fully saturated rings. The summed E-state index contributed by atoms with van der Waals surface area (Å²) in [4.78, 5) is 26.1. The van der Waals surface area contributed by atoms with Crippen LogP contribution in [0.15, 0.2) is 95.9 Å². The third kappa shape index (κ3) is 4.59. The highest BCUT2D eigenvalue weighted by atomic mass is 32.2. The highest BCUT2D eigenvalue weighted by molar-refractivity contribution is 8.00. The second-order valence-corrected chi connectivity index (χ2v) is 8.96. The molecule has 0 saturated heterocycles. The van der Waals surface area contributed by atoms with E-state index in [1.165, 1.54) is 58.3 Å². The van der Waals surface area contributed by atoms with E-state index in [2.05, 4.69) is 17.4 Å². The van der Waals surface area contributed by atoms with Gasteiger partial charge in [0.25, 0.3) is 5.91 Å². The molecule has 4 aromatic carbocycles. The molecule has 0 atom stereocenters. The number of carbonyl (C=O) groups excluding carboxylic acids is 2. The molecule has 4 aromatic rings. The summed E-state index contributed by atoms with van der Waals surface area (Å²) in [6.45, 7) is 0. The second kappa shape index (κ2) is 9.04. The number of halogens is 1. The molecular formula is C28H20FNO2S. The Morgan fingerprint density at radius 2 is 1.55 bits per heavy atom. The zero-order valence-electron chi connectivity index (χ0n) is 17.7. The summed E-state index contributed by atoms with van der Waals surface area (Å²) in [7, 11) is 0. The molecule has 0 aromatic heterocycles. The van der Waals surface area contributed by atoms with Gasteiger partial charge in [-0.25, -0.2) is 4.39 Å². The van der Waals surface area contributed by atoms with Gasteiger partial charge in [0.2, 0.25) is 0 Å². The predicted octanol–water partition coefficient (Wildman–Crippen LogP) is 6.62. The lowest BCUT2D eigenvalue weighted by Gasteiger charge is -2.08. The Balaban J connectivity index is 1.23. The third-order valence-corrected chi connectivity index (χ3v) is 6.68. The fourth-order valence-corrected chi connectivity index (χ4v) is 4.87. The number of anilines is 1. The first-order chi connectivity index (χ1) is 16.1. The SMILES string of the molecule is O=C(CSc1cccc(NC(=O)c2ccc(F)cc2)c1)c1ccc2c(c1)Cc1ccccc1-2. The molecular weight excluding hydrogens is 433 g/mol. The van der Waals surface area contributed by atoms with Crippen molar-refractivity contribution in [3.05, 3.63) is 119 Å². The number of thioether (sulfide) groups is 1. The minimum Gasteiger partial charge on any atom is -0.322 e. The molecule has 33 heavy (non-hydrogen) atoms. The van der Waals surface area contributed by atoms with Gasteiger partial charge in [-0.3, -0.25) is 9.59 Å². The van der Waals surface area contributed by atoms with E-state index >= 15 is 0 Å². The molecule has 1 N–H and O–H groups in total. The molecule has 0 heterocycles. The molecule has 5 rings (SSSR count). The van der Waals surface area contributed by atoms with Crippen LogP contribution in [0.1, 0.15) is 31.8 Å². The topological polar surface area (TPSA) is 46.2 Å². The fourth-order valence-electron chi connectivity index (χ4n) is 4.02. The maximum atomic E-state index is 13.1. The van der Waals surface area contributed by atoms with Gasteiger partial charge < -0.3 is 5.32 Å². The van der Waals surface area contributed by atoms with Gasteiger partial charge in [-0.1, -0.05) is 42.5 Å². The minimum absolute atomic E-state index is 0.0690. The molecule has 0 bridgehead atoms. The second-order valence-electron chi connectivity index (χ2n) is 7.91. The quantitative estimate of drug-likeness (QED) is 0.232. The molecule has 1 amide bonds. The molecule has 5 heteroatoms. The van der Waals surface area contributed by atoms with E-state index in [4.69, 9.17) is 0 Å². The van der Waals surface area contributed by atoms with Crippen LogP contribution >= 0.6 is 11.8 Å². The van der Waals surface area contributed by atoms with Crippen molar-refractivity contribution in [2.45, 2.75) is 11.3 Å². The lowest BCUT2D eigenvalue weighted by Crippen LogP contribution is -2.11. The van der Waals surface area contributed by atoms with Crippen molar-refractivity contribution in [3.8, 4) is 11.1 Å². The first-order valence-corrected chi connectivity index (χ1v) is 11.6. The van der Waals surface area contributed by atoms with Crippen LogP contribution in [0.4, 0.5) is 10.1 Å². The summed E-state index contributed by atoms with van der Waals surface area (Å²) in [6, 6.07) is 27.1. The number of nitrogens with one attached hydrogen (secondary N) is 1. The Labute approximate surface area is 195 Å². The van der Waals surface area contributed by atoms with E-state index in [1.54, 1.807) is 6.07 Å². The van der Waals surface area contributed by atoms with Crippen LogP contribution in [0.2, 0.25) is 0 Å². The van der Waals surface area contributed by atoms with E-state index < -0.39 is 0 Å². The lowest BCUT2D eigenvalue weighted by atomic mass is 10.0. The Hall–Kier alpha value is -3.70. The molecule has 0 saturated carbocycles. The number of fused-ring (bicyclic) bond motifs is 3. The van der Waals surface area contributed by atoms with Gasteiger partial charge in [0.05, 0.1) is 5.75 Å². The number of benzene rings is 4. The average Bonchev–Trinajstić information content (AvgIpc) is 3.21. The van der Waals surface area contributed by atoms with Crippen molar-refractivity contribution >= 4 is 29.1 Å². The first-order valence-electron chi connectivity index (χ1n) is 10.6. The number of amides is 1. The summed E-state index contributed by atoms with van der Waals surface area (Å²) < 4.78 is 13.1. The normalized spacial score (nSPS) is 11.5. The van der Waals surface area contributed by atoms with Gasteiger partial charge in [-0.15, -0.1) is 11.8 Å². The number of hydrogen-bond donors (Lipinski definition) is 1. The summed E-state index contributed by atoms with van der Waals surface area (Å²) >= 11 is 1.43. The van der Waals surface area contributed by atoms with Gasteiger partial charge >= 0.3 is 0 Å². The number of rotatable bonds is 6. The molecule has 1 aliphatic rings. The summed E-state index contributed by atoms with van der Waals surface area (Å²) in [6.07, 6.45) is 0.857. The summed E-state index contributed by atoms with van der Waals surface area (Å²) in [5.74, 6) is -0.324. The average molecular weight is 454 g/mol. The van der Waals surface area contributed by atoms with E-state index in [0.717, 1.165) is 16.9 Å². The molecule has 0 unspecified atom stereocenters. The van der Waals surface area contributed by atoms with Crippen LogP contribution in [0.3, 0.4) is 0 Å². The Kier molecular flexibility index (Phi) is 5.80. The van der Waals surface area contributed by atoms with Gasteiger partial charge in [-0.2, -0.15) is 0 Å². The van der Waals surface area contributed by atoms with E-state index in [0.29, 0.717) is 17.0 Å². The van der Waals surface area contributed by atoms with Crippen molar-refractivity contribution in [1.82, 2.24) is 0 Å². The maximum Gasteiger partial charge on any atom is 0.255 e. The van der Waals surface area contributed by atoms with Gasteiger partial charge in [0.15, 0.2) is 5.78 Å². The summed E-state index contributed by atoms with van der Waals surface area (Å²) in [5.41, 5.74) is 6.67. The van der Waals surface area contributed by atoms with Crippen molar-refractivity contribution in [1.29, 1.82) is 0 Å². The first kappa shape index (κ1) is 21.2. The van der Waals surface area contributed by atoms with Gasteiger partial charge in [0, 0.05) is 21.7 Å². The maximum absolute atomic E-state index is 13.1. The minimum atomic E-state index is -0.387. The lowest BCUT2D eigenvalue weighted by molar-refractivity contribution is 0.101. The van der Waals surface area contributed by atoms with Crippen LogP contribution < -0.4 is 5.32 Å². The highest BCUT2D eigenvalue weighted by Crippen LogP contribution is 2.37. The van der Waals surface area contributed by atoms with Gasteiger partial charge in [-0.05, 0) is 77.2 Å². The molecule has 162 valence electrons. The van der Waals surface area contributed by atoms with E-state index in [1.807, 2.05) is 48.5 Å². The summed E-state index contributed by atoms with van der Waals surface area (Å²) in [5, 5.41) is 2.81. The van der Waals surface area contributed by atoms with Crippen molar-refractivity contribution in [3.63, 3.8) is 0 Å². The monoisotopic (exact) mass is 453 g/mol. The van der Waals surface area contributed by atoms with Gasteiger partial charge in [0.1, 0.15) is 5.82 Å². The smallest absolute Gasteiger partial charge is 0.255 e. The Bertz CT molecular complexity index is 1360. The highest BCUT2D eigenvalue weighted by Gasteiger charge is 2.19. The van der Waals surface area contributed by atoms with E-state index in [-0.39, 0.29) is 17.5 Å². The standard InChI is InChI=1S/C28H20FNO2S/c29-22-11-8-18(9-12-22)28(32)30-23-5-3-6-24(16-23)33-17-27(31)20-10-13-26-21(15-20)14-19-4-1-2-7-25(19)26/h1-13,15-16H,14,17H2,(H,30,32). The van der Waals surface area contributed by atoms with Crippen molar-refractivity contribution in [2.75, 3.05) is 11.1 Å². The Morgan fingerprint density at radius 3 is 2.39 bits per heavy atom. The van der Waals surface area contributed by atoms with E-state index in [9.17, 15) is 14.0 Å². The number of ketones is 1. The van der Waals surface area contributed by atoms with Crippen LogP contribution in [0, 0.1) is 5.82 Å². The van der Waals surface area contributed by atoms with Crippen LogP contribution in [0.25, 0.3) is 11.1 Å². The zero-order chi connectivity index (χ0) is 22.8. The molecule has 1 aliphatic carbocycles. The molecule has 0 aliphatic heterocycles. The zero-order valence-corrected chi connectivity index (χ0v) is 18.5. The molecule has 3 nitrogen and oxygen atoms in total. The fraction of sp³-hybridized carbons (Fsp3) is 0.0714. The van der Waals surface area contributed by atoms with Crippen LogP contribution in [-0.2, 0) is 6.42 Å². The molecule has 0 radical (unpaired) electrons. The number of hydrogen-bond acceptors (Lipinski definition) is 3. The predicted molar refractivity (Wildman–Crippen MR) is 131 cm³/mol. The largest absolute Gasteiger partial charge is 0.322 e.